The van der Waals surface area contributed by atoms with Crippen LogP contribution in [0.4, 0.5) is 0 Å². The highest BCUT2D eigenvalue weighted by molar-refractivity contribution is 5.81. The molecule has 0 fully saturated rings. The number of hydrogen-bond donors (Lipinski definition) is 1. The summed E-state index contributed by atoms with van der Waals surface area (Å²) in [5.74, 6) is 0.264. The molecular formula is C14H20N2O. The van der Waals surface area contributed by atoms with Crippen molar-refractivity contribution in [2.24, 2.45) is 5.92 Å². The SMILES string of the molecule is CCn1nc(CC(O)C(C)C)c2ccccc21. The van der Waals surface area contributed by atoms with Crippen molar-refractivity contribution in [1.82, 2.24) is 9.78 Å². The first-order valence-electron chi connectivity index (χ1n) is 6.26. The molecule has 1 heterocycles. The molecule has 2 aromatic rings. The van der Waals surface area contributed by atoms with Gasteiger partial charge < -0.3 is 5.11 Å². The summed E-state index contributed by atoms with van der Waals surface area (Å²) in [7, 11) is 0. The van der Waals surface area contributed by atoms with Gasteiger partial charge in [0.25, 0.3) is 0 Å². The molecular weight excluding hydrogens is 212 g/mol. The molecule has 0 aliphatic carbocycles. The van der Waals surface area contributed by atoms with Gasteiger partial charge in [0.1, 0.15) is 0 Å². The minimum atomic E-state index is -0.321. The molecule has 3 heteroatoms. The molecule has 1 atom stereocenters. The summed E-state index contributed by atoms with van der Waals surface area (Å²) in [5.41, 5.74) is 2.16. The lowest BCUT2D eigenvalue weighted by molar-refractivity contribution is 0.125. The van der Waals surface area contributed by atoms with Crippen molar-refractivity contribution in [3.8, 4) is 0 Å². The van der Waals surface area contributed by atoms with Gasteiger partial charge in [-0.05, 0) is 18.9 Å². The van der Waals surface area contributed by atoms with E-state index in [-0.39, 0.29) is 12.0 Å². The summed E-state index contributed by atoms with van der Waals surface area (Å²) in [4.78, 5) is 0. The molecule has 1 aromatic heterocycles. The third-order valence-corrected chi connectivity index (χ3v) is 3.21. The second-order valence-electron chi connectivity index (χ2n) is 4.80. The molecule has 0 saturated heterocycles. The maximum absolute atomic E-state index is 9.97. The van der Waals surface area contributed by atoms with E-state index >= 15 is 0 Å². The van der Waals surface area contributed by atoms with Gasteiger partial charge in [-0.3, -0.25) is 4.68 Å². The molecule has 17 heavy (non-hydrogen) atoms. The molecule has 1 unspecified atom stereocenters. The fourth-order valence-corrected chi connectivity index (χ4v) is 2.02. The Bertz CT molecular complexity index is 502. The zero-order valence-corrected chi connectivity index (χ0v) is 10.7. The average Bonchev–Trinajstić information content (AvgIpc) is 2.68. The molecule has 0 radical (unpaired) electrons. The number of aromatic nitrogens is 2. The van der Waals surface area contributed by atoms with Crippen LogP contribution in [0.5, 0.6) is 0 Å². The van der Waals surface area contributed by atoms with E-state index in [1.54, 1.807) is 0 Å². The first-order chi connectivity index (χ1) is 8.13. The number of para-hydroxylation sites is 1. The molecule has 0 saturated carbocycles. The summed E-state index contributed by atoms with van der Waals surface area (Å²) in [6.07, 6.45) is 0.309. The van der Waals surface area contributed by atoms with Gasteiger partial charge in [-0.25, -0.2) is 0 Å². The van der Waals surface area contributed by atoms with Gasteiger partial charge in [0.15, 0.2) is 0 Å². The zero-order valence-electron chi connectivity index (χ0n) is 10.7. The topological polar surface area (TPSA) is 38.0 Å². The molecule has 1 aromatic carbocycles. The van der Waals surface area contributed by atoms with Crippen molar-refractivity contribution >= 4 is 10.9 Å². The standard InChI is InChI=1S/C14H20N2O/c1-4-16-13-8-6-5-7-11(13)12(15-16)9-14(17)10(2)3/h5-8,10,14,17H,4,9H2,1-3H3. The minimum Gasteiger partial charge on any atom is -0.392 e. The van der Waals surface area contributed by atoms with Gasteiger partial charge in [-0.2, -0.15) is 5.10 Å². The van der Waals surface area contributed by atoms with Gasteiger partial charge in [0, 0.05) is 18.4 Å². The lowest BCUT2D eigenvalue weighted by Crippen LogP contribution is -2.18. The first-order valence-corrected chi connectivity index (χ1v) is 6.26. The van der Waals surface area contributed by atoms with Crippen LogP contribution in [0.2, 0.25) is 0 Å². The van der Waals surface area contributed by atoms with Crippen molar-refractivity contribution < 1.29 is 5.11 Å². The van der Waals surface area contributed by atoms with Crippen LogP contribution >= 0.6 is 0 Å². The highest BCUT2D eigenvalue weighted by Gasteiger charge is 2.15. The smallest absolute Gasteiger partial charge is 0.0729 e. The lowest BCUT2D eigenvalue weighted by atomic mass is 10.0. The predicted octanol–water partition coefficient (Wildman–Crippen LogP) is 2.62. The maximum atomic E-state index is 9.97. The summed E-state index contributed by atoms with van der Waals surface area (Å²) < 4.78 is 2.00. The van der Waals surface area contributed by atoms with Gasteiger partial charge in [0.2, 0.25) is 0 Å². The van der Waals surface area contributed by atoms with Crippen LogP contribution in [0.15, 0.2) is 24.3 Å². The molecule has 3 nitrogen and oxygen atoms in total. The van der Waals surface area contributed by atoms with Gasteiger partial charge in [0.05, 0.1) is 17.3 Å². The fourth-order valence-electron chi connectivity index (χ4n) is 2.02. The Hall–Kier alpha value is -1.35. The van der Waals surface area contributed by atoms with Crippen molar-refractivity contribution in [2.75, 3.05) is 0 Å². The van der Waals surface area contributed by atoms with Gasteiger partial charge >= 0.3 is 0 Å². The highest BCUT2D eigenvalue weighted by Crippen LogP contribution is 2.20. The van der Waals surface area contributed by atoms with E-state index in [0.717, 1.165) is 23.1 Å². The van der Waals surface area contributed by atoms with E-state index in [2.05, 4.69) is 24.2 Å². The number of aryl methyl sites for hydroxylation is 1. The summed E-state index contributed by atoms with van der Waals surface area (Å²) in [6, 6.07) is 8.21. The van der Waals surface area contributed by atoms with Crippen LogP contribution in [0.1, 0.15) is 26.5 Å². The van der Waals surface area contributed by atoms with Crippen LogP contribution in [-0.2, 0) is 13.0 Å². The Morgan fingerprint density at radius 1 is 1.29 bits per heavy atom. The number of benzene rings is 1. The Morgan fingerprint density at radius 2 is 2.00 bits per heavy atom. The summed E-state index contributed by atoms with van der Waals surface area (Å²) in [5, 5.41) is 15.7. The van der Waals surface area contributed by atoms with E-state index in [1.165, 1.54) is 0 Å². The first kappa shape index (κ1) is 12.1. The number of rotatable bonds is 4. The number of hydrogen-bond acceptors (Lipinski definition) is 2. The second kappa shape index (κ2) is 4.88. The number of fused-ring (bicyclic) bond motifs is 1. The van der Waals surface area contributed by atoms with Crippen molar-refractivity contribution in [3.05, 3.63) is 30.0 Å². The molecule has 0 aliphatic heterocycles. The highest BCUT2D eigenvalue weighted by atomic mass is 16.3. The van der Waals surface area contributed by atoms with Gasteiger partial charge in [-0.15, -0.1) is 0 Å². The Kier molecular flexibility index (Phi) is 3.48. The van der Waals surface area contributed by atoms with E-state index < -0.39 is 0 Å². The Balaban J connectivity index is 2.40. The van der Waals surface area contributed by atoms with Crippen LogP contribution in [0.25, 0.3) is 10.9 Å². The Labute approximate surface area is 102 Å². The molecule has 2 rings (SSSR count). The van der Waals surface area contributed by atoms with Crippen molar-refractivity contribution in [1.29, 1.82) is 0 Å². The van der Waals surface area contributed by atoms with E-state index in [9.17, 15) is 5.11 Å². The van der Waals surface area contributed by atoms with Gasteiger partial charge in [-0.1, -0.05) is 32.0 Å². The third kappa shape index (κ3) is 2.34. The molecule has 0 amide bonds. The Morgan fingerprint density at radius 3 is 2.65 bits per heavy atom. The number of aliphatic hydroxyl groups is 1. The molecule has 92 valence electrons. The molecule has 1 N–H and O–H groups in total. The summed E-state index contributed by atoms with van der Waals surface area (Å²) in [6.45, 7) is 7.01. The zero-order chi connectivity index (χ0) is 12.4. The van der Waals surface area contributed by atoms with Crippen LogP contribution < -0.4 is 0 Å². The van der Waals surface area contributed by atoms with Crippen LogP contribution in [0, 0.1) is 5.92 Å². The average molecular weight is 232 g/mol. The monoisotopic (exact) mass is 232 g/mol. The van der Waals surface area contributed by atoms with Crippen LogP contribution in [0.3, 0.4) is 0 Å². The van der Waals surface area contributed by atoms with E-state index in [1.807, 2.05) is 30.7 Å². The van der Waals surface area contributed by atoms with Crippen molar-refractivity contribution in [3.63, 3.8) is 0 Å². The van der Waals surface area contributed by atoms with E-state index in [0.29, 0.717) is 6.42 Å². The summed E-state index contributed by atoms with van der Waals surface area (Å²) >= 11 is 0. The second-order valence-corrected chi connectivity index (χ2v) is 4.80. The van der Waals surface area contributed by atoms with E-state index in [4.69, 9.17) is 0 Å². The number of aliphatic hydroxyl groups excluding tert-OH is 1. The van der Waals surface area contributed by atoms with Crippen molar-refractivity contribution in [2.45, 2.75) is 39.8 Å². The minimum absolute atomic E-state index is 0.264. The van der Waals surface area contributed by atoms with Crippen LogP contribution in [-0.4, -0.2) is 21.0 Å². The largest absolute Gasteiger partial charge is 0.392 e. The normalized spacial score (nSPS) is 13.5. The lowest BCUT2D eigenvalue weighted by Gasteiger charge is -2.12. The molecule has 0 spiro atoms. The molecule has 0 aliphatic rings. The molecule has 0 bridgehead atoms. The third-order valence-electron chi connectivity index (χ3n) is 3.21. The predicted molar refractivity (Wildman–Crippen MR) is 70.0 cm³/mol. The maximum Gasteiger partial charge on any atom is 0.0729 e. The quantitative estimate of drug-likeness (QED) is 0.880. The fraction of sp³-hybridized carbons (Fsp3) is 0.500. The number of nitrogens with zero attached hydrogens (tertiary/aromatic N) is 2.